The van der Waals surface area contributed by atoms with Gasteiger partial charge in [-0.2, -0.15) is 5.26 Å². The van der Waals surface area contributed by atoms with Gasteiger partial charge in [0.25, 0.3) is 0 Å². The van der Waals surface area contributed by atoms with Crippen LogP contribution in [0, 0.1) is 17.2 Å². The standard InChI is InChI=1S/C22H21N3O4S2/c1-13-5-6-16-17(11-23)22(31-18(16)9-13)25-20(27)12-30-15-4-2-3-14(10-15)24-19(26)7-8-21(28)29/h2-4,7-8,10,13H,5-6,9,12H2,1H3,(H,24,26)(H,25,27)(H,28,29)/b8-7+. The SMILES string of the molecule is CC1CCc2c(sc(NC(=O)CSc3cccc(NC(=O)/C=C/C(=O)O)c3)c2C#N)C1. The molecule has 2 amide bonds. The highest BCUT2D eigenvalue weighted by molar-refractivity contribution is 8.00. The molecule has 1 aromatic heterocycles. The third-order valence-corrected chi connectivity index (χ3v) is 6.89. The maximum absolute atomic E-state index is 12.5. The molecule has 1 aliphatic carbocycles. The van der Waals surface area contributed by atoms with E-state index in [2.05, 4.69) is 23.6 Å². The van der Waals surface area contributed by atoms with Crippen molar-refractivity contribution in [2.45, 2.75) is 31.1 Å². The lowest BCUT2D eigenvalue weighted by atomic mass is 9.89. The lowest BCUT2D eigenvalue weighted by Crippen LogP contribution is -2.14. The lowest BCUT2D eigenvalue weighted by molar-refractivity contribution is -0.131. The van der Waals surface area contributed by atoms with Crippen LogP contribution in [0.4, 0.5) is 10.7 Å². The van der Waals surface area contributed by atoms with Gasteiger partial charge in [-0.15, -0.1) is 23.1 Å². The first-order chi connectivity index (χ1) is 14.9. The lowest BCUT2D eigenvalue weighted by Gasteiger charge is -2.17. The van der Waals surface area contributed by atoms with E-state index in [1.807, 2.05) is 6.07 Å². The minimum atomic E-state index is -1.20. The fourth-order valence-corrected chi connectivity index (χ4v) is 5.40. The summed E-state index contributed by atoms with van der Waals surface area (Å²) in [4.78, 5) is 36.6. The van der Waals surface area contributed by atoms with E-state index in [1.54, 1.807) is 18.2 Å². The molecular formula is C22H21N3O4S2. The van der Waals surface area contributed by atoms with Gasteiger partial charge in [0.05, 0.1) is 11.3 Å². The van der Waals surface area contributed by atoms with E-state index in [0.717, 1.165) is 41.9 Å². The fraction of sp³-hybridized carbons (Fsp3) is 0.273. The van der Waals surface area contributed by atoms with Crippen molar-refractivity contribution in [3.05, 3.63) is 52.4 Å². The smallest absolute Gasteiger partial charge is 0.328 e. The summed E-state index contributed by atoms with van der Waals surface area (Å²) in [6.45, 7) is 2.20. The second-order valence-corrected chi connectivity index (χ2v) is 9.35. The van der Waals surface area contributed by atoms with Crippen LogP contribution in [0.3, 0.4) is 0 Å². The third kappa shape index (κ3) is 6.20. The molecule has 7 nitrogen and oxygen atoms in total. The molecule has 2 aromatic rings. The zero-order valence-corrected chi connectivity index (χ0v) is 18.4. The maximum atomic E-state index is 12.5. The zero-order chi connectivity index (χ0) is 22.4. The normalized spacial score (nSPS) is 15.2. The highest BCUT2D eigenvalue weighted by Gasteiger charge is 2.24. The first-order valence-corrected chi connectivity index (χ1v) is 11.4. The highest BCUT2D eigenvalue weighted by Crippen LogP contribution is 2.39. The minimum absolute atomic E-state index is 0.153. The summed E-state index contributed by atoms with van der Waals surface area (Å²) in [6, 6.07) is 9.17. The van der Waals surface area contributed by atoms with Crippen molar-refractivity contribution in [1.29, 1.82) is 5.26 Å². The molecule has 1 aromatic carbocycles. The molecule has 0 aliphatic heterocycles. The van der Waals surface area contributed by atoms with E-state index in [9.17, 15) is 19.6 Å². The molecular weight excluding hydrogens is 434 g/mol. The van der Waals surface area contributed by atoms with Gasteiger partial charge in [0.15, 0.2) is 0 Å². The van der Waals surface area contributed by atoms with Crippen LogP contribution in [-0.2, 0) is 27.2 Å². The van der Waals surface area contributed by atoms with Crippen molar-refractivity contribution in [1.82, 2.24) is 0 Å². The van der Waals surface area contributed by atoms with E-state index in [4.69, 9.17) is 5.11 Å². The van der Waals surface area contributed by atoms with E-state index < -0.39 is 11.9 Å². The summed E-state index contributed by atoms with van der Waals surface area (Å²) in [5, 5.41) is 24.2. The van der Waals surface area contributed by atoms with Crippen LogP contribution >= 0.6 is 23.1 Å². The summed E-state index contributed by atoms with van der Waals surface area (Å²) in [5.41, 5.74) is 2.16. The Morgan fingerprint density at radius 2 is 2.13 bits per heavy atom. The Kier molecular flexibility index (Phi) is 7.50. The number of amides is 2. The summed E-state index contributed by atoms with van der Waals surface area (Å²) in [6.07, 6.45) is 4.57. The first-order valence-electron chi connectivity index (χ1n) is 9.65. The quantitative estimate of drug-likeness (QED) is 0.428. The number of thiophene rings is 1. The Balaban J connectivity index is 1.59. The van der Waals surface area contributed by atoms with E-state index in [-0.39, 0.29) is 11.7 Å². The molecule has 3 rings (SSSR count). The summed E-state index contributed by atoms with van der Waals surface area (Å²) >= 11 is 2.80. The van der Waals surface area contributed by atoms with Crippen molar-refractivity contribution in [3.8, 4) is 6.07 Å². The maximum Gasteiger partial charge on any atom is 0.328 e. The van der Waals surface area contributed by atoms with Gasteiger partial charge >= 0.3 is 5.97 Å². The molecule has 160 valence electrons. The molecule has 0 fully saturated rings. The summed E-state index contributed by atoms with van der Waals surface area (Å²) in [5.74, 6) is -1.22. The number of thioether (sulfide) groups is 1. The summed E-state index contributed by atoms with van der Waals surface area (Å²) < 4.78 is 0. The van der Waals surface area contributed by atoms with Crippen LogP contribution in [0.1, 0.15) is 29.3 Å². The van der Waals surface area contributed by atoms with Crippen LogP contribution < -0.4 is 10.6 Å². The number of hydrogen-bond acceptors (Lipinski definition) is 6. The molecule has 0 spiro atoms. The molecule has 0 bridgehead atoms. The first kappa shape index (κ1) is 22.6. The number of carboxylic acids is 1. The molecule has 0 saturated heterocycles. The molecule has 1 aliphatic rings. The Morgan fingerprint density at radius 3 is 2.87 bits per heavy atom. The van der Waals surface area contributed by atoms with Crippen molar-refractivity contribution in [2.24, 2.45) is 5.92 Å². The number of nitrogens with zero attached hydrogens (tertiary/aromatic N) is 1. The Morgan fingerprint density at radius 1 is 1.32 bits per heavy atom. The Hall–Kier alpha value is -3.09. The number of aliphatic carboxylic acids is 1. The summed E-state index contributed by atoms with van der Waals surface area (Å²) in [7, 11) is 0. The fourth-order valence-electron chi connectivity index (χ4n) is 3.26. The van der Waals surface area contributed by atoms with Crippen LogP contribution in [0.25, 0.3) is 0 Å². The van der Waals surface area contributed by atoms with E-state index >= 15 is 0 Å². The second kappa shape index (κ2) is 10.3. The topological polar surface area (TPSA) is 119 Å². The minimum Gasteiger partial charge on any atom is -0.478 e. The van der Waals surface area contributed by atoms with Gasteiger partial charge in [-0.1, -0.05) is 13.0 Å². The molecule has 1 atom stereocenters. The number of benzene rings is 1. The van der Waals surface area contributed by atoms with Gasteiger partial charge in [0.2, 0.25) is 11.8 Å². The van der Waals surface area contributed by atoms with Crippen LogP contribution in [0.15, 0.2) is 41.3 Å². The van der Waals surface area contributed by atoms with Crippen LogP contribution in [0.5, 0.6) is 0 Å². The number of carboxylic acid groups (broad SMARTS) is 1. The van der Waals surface area contributed by atoms with Gasteiger partial charge in [-0.25, -0.2) is 4.79 Å². The third-order valence-electron chi connectivity index (χ3n) is 4.73. The van der Waals surface area contributed by atoms with Crippen LogP contribution in [-0.4, -0.2) is 28.6 Å². The molecule has 1 unspecified atom stereocenters. The van der Waals surface area contributed by atoms with Crippen molar-refractivity contribution in [3.63, 3.8) is 0 Å². The van der Waals surface area contributed by atoms with E-state index in [0.29, 0.717) is 22.2 Å². The number of rotatable bonds is 7. The Labute approximate surface area is 188 Å². The molecule has 31 heavy (non-hydrogen) atoms. The molecule has 1 heterocycles. The van der Waals surface area contributed by atoms with E-state index in [1.165, 1.54) is 28.0 Å². The average molecular weight is 456 g/mol. The zero-order valence-electron chi connectivity index (χ0n) is 16.8. The predicted octanol–water partition coefficient (Wildman–Crippen LogP) is 4.05. The second-order valence-electron chi connectivity index (χ2n) is 7.19. The Bertz CT molecular complexity index is 1080. The van der Waals surface area contributed by atoms with Gasteiger partial charge < -0.3 is 15.7 Å². The molecule has 0 saturated carbocycles. The number of anilines is 2. The van der Waals surface area contributed by atoms with Crippen molar-refractivity contribution < 1.29 is 19.5 Å². The highest BCUT2D eigenvalue weighted by atomic mass is 32.2. The number of nitriles is 1. The number of carbonyl (C=O) groups is 3. The number of hydrogen-bond donors (Lipinski definition) is 3. The van der Waals surface area contributed by atoms with Gasteiger partial charge in [-0.05, 0) is 48.9 Å². The van der Waals surface area contributed by atoms with Gasteiger partial charge in [-0.3, -0.25) is 9.59 Å². The van der Waals surface area contributed by atoms with Crippen molar-refractivity contribution >= 4 is 51.6 Å². The predicted molar refractivity (Wildman–Crippen MR) is 121 cm³/mol. The largest absolute Gasteiger partial charge is 0.478 e. The average Bonchev–Trinajstić information content (AvgIpc) is 3.06. The van der Waals surface area contributed by atoms with Crippen molar-refractivity contribution in [2.75, 3.05) is 16.4 Å². The molecule has 9 heteroatoms. The van der Waals surface area contributed by atoms with Crippen LogP contribution in [0.2, 0.25) is 0 Å². The van der Waals surface area contributed by atoms with Gasteiger partial charge in [0.1, 0.15) is 11.1 Å². The monoisotopic (exact) mass is 455 g/mol. The number of carbonyl (C=O) groups excluding carboxylic acids is 2. The molecule has 0 radical (unpaired) electrons. The molecule has 3 N–H and O–H groups in total. The number of nitrogens with one attached hydrogen (secondary N) is 2. The number of fused-ring (bicyclic) bond motifs is 1. The van der Waals surface area contributed by atoms with Gasteiger partial charge in [0, 0.05) is 27.6 Å².